The Bertz CT molecular complexity index is 140. The molecule has 0 aliphatic heterocycles. The first-order valence-corrected chi connectivity index (χ1v) is 3.25. The van der Waals surface area contributed by atoms with E-state index >= 15 is 0 Å². The zero-order chi connectivity index (χ0) is 7.28. The van der Waals surface area contributed by atoms with E-state index in [1.54, 1.807) is 6.20 Å². The first kappa shape index (κ1) is 11.9. The highest BCUT2D eigenvalue weighted by molar-refractivity contribution is 4.94. The van der Waals surface area contributed by atoms with Crippen LogP contribution in [0.15, 0.2) is 12.3 Å². The van der Waals surface area contributed by atoms with Crippen molar-refractivity contribution < 1.29 is 0 Å². The maximum absolute atomic E-state index is 3.93. The fraction of sp³-hybridized carbons (Fsp3) is 0.625. The van der Waals surface area contributed by atoms with Gasteiger partial charge in [-0.05, 0) is 13.0 Å². The topological polar surface area (TPSA) is 17.8 Å². The van der Waals surface area contributed by atoms with Gasteiger partial charge in [0.1, 0.15) is 0 Å². The first-order chi connectivity index (χ1) is 4.30. The number of hydrogen-bond acceptors (Lipinski definition) is 1. The van der Waals surface area contributed by atoms with Crippen molar-refractivity contribution in [2.45, 2.75) is 28.2 Å². The van der Waals surface area contributed by atoms with Crippen LogP contribution in [0.3, 0.4) is 0 Å². The normalized spacial score (nSPS) is 7.20. The SMILES string of the molecule is C.CC.Cc1ccnn1C. The Hall–Kier alpha value is -0.790. The summed E-state index contributed by atoms with van der Waals surface area (Å²) in [5.41, 5.74) is 1.19. The zero-order valence-electron chi connectivity index (χ0n) is 6.55. The van der Waals surface area contributed by atoms with E-state index < -0.39 is 0 Å². The van der Waals surface area contributed by atoms with E-state index in [0.717, 1.165) is 0 Å². The van der Waals surface area contributed by atoms with Crippen LogP contribution in [-0.4, -0.2) is 9.78 Å². The van der Waals surface area contributed by atoms with Gasteiger partial charge in [-0.15, -0.1) is 0 Å². The predicted molar refractivity (Wildman–Crippen MR) is 46.0 cm³/mol. The molecule has 0 aliphatic rings. The summed E-state index contributed by atoms with van der Waals surface area (Å²) in [5, 5.41) is 3.93. The Labute approximate surface area is 63.9 Å². The fourth-order valence-corrected chi connectivity index (χ4v) is 0.440. The van der Waals surface area contributed by atoms with Crippen molar-refractivity contribution in [2.24, 2.45) is 7.05 Å². The van der Waals surface area contributed by atoms with Crippen LogP contribution >= 0.6 is 0 Å². The third-order valence-corrected chi connectivity index (χ3v) is 1.07. The van der Waals surface area contributed by atoms with E-state index in [9.17, 15) is 0 Å². The van der Waals surface area contributed by atoms with Crippen LogP contribution in [0.25, 0.3) is 0 Å². The molecule has 0 bridgehead atoms. The molecule has 1 heterocycles. The van der Waals surface area contributed by atoms with Crippen LogP contribution in [0.5, 0.6) is 0 Å². The van der Waals surface area contributed by atoms with Gasteiger partial charge < -0.3 is 0 Å². The molecule has 2 heteroatoms. The lowest BCUT2D eigenvalue weighted by Crippen LogP contribution is -1.90. The van der Waals surface area contributed by atoms with Crippen molar-refractivity contribution in [3.63, 3.8) is 0 Å². The number of nitrogens with zero attached hydrogens (tertiary/aromatic N) is 2. The third kappa shape index (κ3) is 3.28. The molecule has 1 aromatic rings. The van der Waals surface area contributed by atoms with Crippen molar-refractivity contribution in [2.75, 3.05) is 0 Å². The Balaban J connectivity index is 0. The van der Waals surface area contributed by atoms with Gasteiger partial charge in [-0.2, -0.15) is 5.10 Å². The standard InChI is InChI=1S/C5H8N2.C2H6.CH4/c1-5-3-4-6-7(5)2;1-2;/h3-4H,1-2H3;1-2H3;1H4. The summed E-state index contributed by atoms with van der Waals surface area (Å²) in [6.07, 6.45) is 1.79. The zero-order valence-corrected chi connectivity index (χ0v) is 6.55. The van der Waals surface area contributed by atoms with Gasteiger partial charge >= 0.3 is 0 Å². The number of hydrogen-bond donors (Lipinski definition) is 0. The van der Waals surface area contributed by atoms with Crippen molar-refractivity contribution >= 4 is 0 Å². The largest absolute Gasteiger partial charge is 0.273 e. The molecule has 0 aromatic carbocycles. The lowest BCUT2D eigenvalue weighted by atomic mass is 10.5. The molecule has 0 radical (unpaired) electrons. The minimum absolute atomic E-state index is 0. The second-order valence-electron chi connectivity index (χ2n) is 1.60. The fourth-order valence-electron chi connectivity index (χ4n) is 0.440. The van der Waals surface area contributed by atoms with Gasteiger partial charge in [0.25, 0.3) is 0 Å². The quantitative estimate of drug-likeness (QED) is 0.544. The lowest BCUT2D eigenvalue weighted by Gasteiger charge is -1.87. The Morgan fingerprint density at radius 3 is 2.00 bits per heavy atom. The molecular weight excluding hydrogens is 124 g/mol. The third-order valence-electron chi connectivity index (χ3n) is 1.07. The van der Waals surface area contributed by atoms with Gasteiger partial charge in [0.2, 0.25) is 0 Å². The van der Waals surface area contributed by atoms with Crippen molar-refractivity contribution in [3.8, 4) is 0 Å². The molecule has 10 heavy (non-hydrogen) atoms. The van der Waals surface area contributed by atoms with Crippen LogP contribution in [0.2, 0.25) is 0 Å². The van der Waals surface area contributed by atoms with E-state index in [1.165, 1.54) is 5.69 Å². The summed E-state index contributed by atoms with van der Waals surface area (Å²) >= 11 is 0. The van der Waals surface area contributed by atoms with E-state index in [0.29, 0.717) is 0 Å². The Kier molecular flexibility index (Phi) is 7.56. The molecule has 0 unspecified atom stereocenters. The van der Waals surface area contributed by atoms with Gasteiger partial charge in [-0.3, -0.25) is 4.68 Å². The number of aryl methyl sites for hydroxylation is 2. The van der Waals surface area contributed by atoms with Crippen LogP contribution in [0, 0.1) is 6.92 Å². The number of rotatable bonds is 0. The van der Waals surface area contributed by atoms with Crippen LogP contribution in [0.1, 0.15) is 27.0 Å². The van der Waals surface area contributed by atoms with Gasteiger partial charge in [0.15, 0.2) is 0 Å². The lowest BCUT2D eigenvalue weighted by molar-refractivity contribution is 0.740. The minimum Gasteiger partial charge on any atom is -0.273 e. The summed E-state index contributed by atoms with van der Waals surface area (Å²) in [7, 11) is 1.93. The first-order valence-electron chi connectivity index (χ1n) is 3.25. The molecule has 2 nitrogen and oxygen atoms in total. The Morgan fingerprint density at radius 2 is 1.90 bits per heavy atom. The van der Waals surface area contributed by atoms with E-state index in [2.05, 4.69) is 5.10 Å². The highest BCUT2D eigenvalue weighted by Crippen LogP contribution is 1.88. The second kappa shape index (κ2) is 6.33. The molecule has 1 aromatic heterocycles. The van der Waals surface area contributed by atoms with Gasteiger partial charge in [0.05, 0.1) is 0 Å². The van der Waals surface area contributed by atoms with Crippen LogP contribution < -0.4 is 0 Å². The molecule has 0 fully saturated rings. The summed E-state index contributed by atoms with van der Waals surface area (Å²) in [5.74, 6) is 0. The minimum atomic E-state index is 0. The summed E-state index contributed by atoms with van der Waals surface area (Å²) in [4.78, 5) is 0. The summed E-state index contributed by atoms with van der Waals surface area (Å²) in [6, 6.07) is 1.97. The van der Waals surface area contributed by atoms with Gasteiger partial charge in [-0.25, -0.2) is 0 Å². The van der Waals surface area contributed by atoms with Crippen molar-refractivity contribution in [1.29, 1.82) is 0 Å². The highest BCUT2D eigenvalue weighted by atomic mass is 15.2. The second-order valence-corrected chi connectivity index (χ2v) is 1.60. The maximum atomic E-state index is 3.93. The molecule has 0 atom stereocenters. The van der Waals surface area contributed by atoms with E-state index in [-0.39, 0.29) is 7.43 Å². The molecule has 60 valence electrons. The van der Waals surface area contributed by atoms with Gasteiger partial charge in [-0.1, -0.05) is 21.3 Å². The van der Waals surface area contributed by atoms with Crippen LogP contribution in [-0.2, 0) is 7.05 Å². The molecule has 0 aliphatic carbocycles. The maximum Gasteiger partial charge on any atom is 0.0492 e. The molecular formula is C8H18N2. The molecule has 0 amide bonds. The average molecular weight is 142 g/mol. The molecule has 0 saturated heterocycles. The predicted octanol–water partition coefficient (Wildman–Crippen LogP) is 2.39. The van der Waals surface area contributed by atoms with E-state index in [1.807, 2.05) is 38.6 Å². The average Bonchev–Trinajstić information content (AvgIpc) is 2.23. The summed E-state index contributed by atoms with van der Waals surface area (Å²) in [6.45, 7) is 6.02. The molecule has 1 rings (SSSR count). The van der Waals surface area contributed by atoms with Crippen molar-refractivity contribution in [1.82, 2.24) is 9.78 Å². The van der Waals surface area contributed by atoms with Crippen LogP contribution in [0.4, 0.5) is 0 Å². The van der Waals surface area contributed by atoms with Gasteiger partial charge in [0, 0.05) is 18.9 Å². The van der Waals surface area contributed by atoms with E-state index in [4.69, 9.17) is 0 Å². The smallest absolute Gasteiger partial charge is 0.0492 e. The summed E-state index contributed by atoms with van der Waals surface area (Å²) < 4.78 is 1.83. The highest BCUT2D eigenvalue weighted by Gasteiger charge is 1.83. The Morgan fingerprint density at radius 1 is 1.40 bits per heavy atom. The molecule has 0 N–H and O–H groups in total. The monoisotopic (exact) mass is 142 g/mol. The number of aromatic nitrogens is 2. The molecule has 0 saturated carbocycles. The van der Waals surface area contributed by atoms with Crippen molar-refractivity contribution in [3.05, 3.63) is 18.0 Å². The molecule has 0 spiro atoms.